The van der Waals surface area contributed by atoms with Crippen LogP contribution >= 0.6 is 0 Å². The molecule has 0 spiro atoms. The number of hydrogen-bond acceptors (Lipinski definition) is 3. The molecule has 0 aliphatic heterocycles. The molecule has 0 fully saturated rings. The van der Waals surface area contributed by atoms with Crippen LogP contribution in [0.3, 0.4) is 0 Å². The lowest BCUT2D eigenvalue weighted by Gasteiger charge is -2.31. The first-order valence-corrected chi connectivity index (χ1v) is 12.8. The second-order valence-corrected chi connectivity index (χ2v) is 13.9. The van der Waals surface area contributed by atoms with Crippen LogP contribution in [0, 0.1) is 17.3 Å². The molecule has 0 saturated heterocycles. The maximum atomic E-state index is 14.0. The molecule has 0 aliphatic carbocycles. The summed E-state index contributed by atoms with van der Waals surface area (Å²) in [5, 5.41) is 5.11. The summed E-state index contributed by atoms with van der Waals surface area (Å²) in [6.45, 7) is 11.9. The van der Waals surface area contributed by atoms with E-state index < -0.39 is 43.7 Å². The molecule has 0 radical (unpaired) electrons. The Kier molecular flexibility index (Phi) is 8.79. The van der Waals surface area contributed by atoms with Gasteiger partial charge in [-0.05, 0) is 16.7 Å². The number of nitrogens with one attached hydrogen (secondary N) is 2. The van der Waals surface area contributed by atoms with E-state index in [4.69, 9.17) is 5.73 Å². The molecule has 8 heteroatoms. The molecule has 1 rings (SSSR count). The number of primary amides is 1. The lowest BCUT2D eigenvalue weighted by atomic mass is 10.0. The molecule has 0 saturated carbocycles. The molecule has 30 heavy (non-hydrogen) atoms. The highest BCUT2D eigenvalue weighted by Gasteiger charge is 2.33. The summed E-state index contributed by atoms with van der Waals surface area (Å²) in [5.41, 5.74) is 9.00. The van der Waals surface area contributed by atoms with Gasteiger partial charge in [0.15, 0.2) is 0 Å². The summed E-state index contributed by atoms with van der Waals surface area (Å²) in [4.78, 5) is 36.1. The largest absolute Gasteiger partial charge is 0.368 e. The summed E-state index contributed by atoms with van der Waals surface area (Å²) < 4.78 is 14.0. The third kappa shape index (κ3) is 7.63. The van der Waals surface area contributed by atoms with Crippen LogP contribution < -0.4 is 16.4 Å². The molecule has 6 nitrogen and oxygen atoms in total. The van der Waals surface area contributed by atoms with Crippen LogP contribution in [0.15, 0.2) is 24.3 Å². The predicted molar refractivity (Wildman–Crippen MR) is 118 cm³/mol. The Morgan fingerprint density at radius 3 is 2.23 bits per heavy atom. The molecular formula is C22H32FN3O3Si. The molecule has 0 heterocycles. The average Bonchev–Trinajstić information content (AvgIpc) is 2.60. The van der Waals surface area contributed by atoms with Gasteiger partial charge in [0.25, 0.3) is 0 Å². The van der Waals surface area contributed by atoms with E-state index in [1.54, 1.807) is 6.07 Å². The van der Waals surface area contributed by atoms with Crippen LogP contribution in [0.5, 0.6) is 0 Å². The zero-order chi connectivity index (χ0) is 23.1. The van der Waals surface area contributed by atoms with Gasteiger partial charge in [-0.3, -0.25) is 14.4 Å². The molecule has 4 N–H and O–H groups in total. The van der Waals surface area contributed by atoms with Gasteiger partial charge in [-0.25, -0.2) is 4.39 Å². The SMILES string of the molecule is CC(=O)N[C@@H](Cc1ccccc1F)C(=O)N[C@@H](CC#C[Si](C)(C)C(C)(C)C)C(N)=O. The number of amides is 3. The molecule has 1 aromatic carbocycles. The molecule has 1 aromatic rings. The van der Waals surface area contributed by atoms with Gasteiger partial charge in [0, 0.05) is 19.8 Å². The monoisotopic (exact) mass is 433 g/mol. The number of carbonyl (C=O) groups is 3. The fourth-order valence-electron chi connectivity index (χ4n) is 2.40. The second kappa shape index (κ2) is 10.4. The molecule has 0 unspecified atom stereocenters. The lowest BCUT2D eigenvalue weighted by molar-refractivity contribution is -0.130. The van der Waals surface area contributed by atoms with Crippen molar-refractivity contribution in [2.45, 2.75) is 70.8 Å². The smallest absolute Gasteiger partial charge is 0.243 e. The normalized spacial score (nSPS) is 13.4. The second-order valence-electron chi connectivity index (χ2n) is 8.89. The molecule has 3 amide bonds. The Hall–Kier alpha value is -2.66. The summed E-state index contributed by atoms with van der Waals surface area (Å²) in [6.07, 6.45) is 0.0132. The van der Waals surface area contributed by atoms with Gasteiger partial charge in [0.2, 0.25) is 17.7 Å². The summed E-state index contributed by atoms with van der Waals surface area (Å²) >= 11 is 0. The fraction of sp³-hybridized carbons (Fsp3) is 0.500. The highest BCUT2D eigenvalue weighted by molar-refractivity contribution is 6.87. The first-order chi connectivity index (χ1) is 13.7. The van der Waals surface area contributed by atoms with Gasteiger partial charge >= 0.3 is 0 Å². The van der Waals surface area contributed by atoms with Gasteiger partial charge in [0.05, 0.1) is 0 Å². The Bertz CT molecular complexity index is 853. The first kappa shape index (κ1) is 25.4. The van der Waals surface area contributed by atoms with Crippen LogP contribution in [-0.4, -0.2) is 37.9 Å². The summed E-state index contributed by atoms with van der Waals surface area (Å²) in [6, 6.07) is 3.94. The Morgan fingerprint density at radius 2 is 1.73 bits per heavy atom. The minimum Gasteiger partial charge on any atom is -0.368 e. The van der Waals surface area contributed by atoms with Crippen molar-refractivity contribution in [2.24, 2.45) is 5.73 Å². The number of hydrogen-bond donors (Lipinski definition) is 3. The number of carbonyl (C=O) groups excluding carboxylic acids is 3. The van der Waals surface area contributed by atoms with E-state index in [1.807, 2.05) is 0 Å². The topological polar surface area (TPSA) is 101 Å². The van der Waals surface area contributed by atoms with Gasteiger partial charge in [-0.2, -0.15) is 0 Å². The quantitative estimate of drug-likeness (QED) is 0.454. The zero-order valence-electron chi connectivity index (χ0n) is 18.6. The van der Waals surface area contributed by atoms with E-state index in [0.29, 0.717) is 0 Å². The summed E-state index contributed by atoms with van der Waals surface area (Å²) in [7, 11) is -1.87. The molecule has 2 atom stereocenters. The minimum atomic E-state index is -1.87. The van der Waals surface area contributed by atoms with E-state index in [0.717, 1.165) is 0 Å². The third-order valence-corrected chi connectivity index (χ3v) is 9.87. The highest BCUT2D eigenvalue weighted by atomic mass is 28.3. The van der Waals surface area contributed by atoms with Crippen molar-refractivity contribution >= 4 is 25.8 Å². The van der Waals surface area contributed by atoms with Crippen molar-refractivity contribution < 1.29 is 18.8 Å². The molecule has 0 bridgehead atoms. The van der Waals surface area contributed by atoms with Crippen molar-refractivity contribution in [1.29, 1.82) is 0 Å². The zero-order valence-corrected chi connectivity index (χ0v) is 19.6. The maximum absolute atomic E-state index is 14.0. The standard InChI is InChI=1S/C22H32FN3O3Si/c1-15(27)25-19(14-16-10-7-8-11-17(16)23)21(29)26-18(20(24)28)12-9-13-30(5,6)22(2,3)4/h7-8,10-11,18-19H,12,14H2,1-6H3,(H2,24,28)(H,25,27)(H,26,29)/t18-,19-/m0/s1. The Balaban J connectivity index is 2.96. The molecule has 0 aliphatic rings. The molecular weight excluding hydrogens is 401 g/mol. The Morgan fingerprint density at radius 1 is 1.13 bits per heavy atom. The predicted octanol–water partition coefficient (Wildman–Crippen LogP) is 2.28. The maximum Gasteiger partial charge on any atom is 0.243 e. The average molecular weight is 434 g/mol. The number of halogens is 1. The number of nitrogens with two attached hydrogens (primary N) is 1. The van der Waals surface area contributed by atoms with Crippen molar-refractivity contribution in [1.82, 2.24) is 10.6 Å². The van der Waals surface area contributed by atoms with E-state index in [1.165, 1.54) is 25.1 Å². The third-order valence-electron chi connectivity index (χ3n) is 5.32. The van der Waals surface area contributed by atoms with Crippen LogP contribution in [-0.2, 0) is 20.8 Å². The van der Waals surface area contributed by atoms with Crippen molar-refractivity contribution in [3.8, 4) is 11.5 Å². The van der Waals surface area contributed by atoms with E-state index in [-0.39, 0.29) is 23.4 Å². The molecule has 164 valence electrons. The molecule has 0 aromatic heterocycles. The fourth-order valence-corrected chi connectivity index (χ4v) is 3.31. The van der Waals surface area contributed by atoms with E-state index >= 15 is 0 Å². The van der Waals surface area contributed by atoms with E-state index in [9.17, 15) is 18.8 Å². The van der Waals surface area contributed by atoms with E-state index in [2.05, 4.69) is 56.0 Å². The van der Waals surface area contributed by atoms with Crippen molar-refractivity contribution in [3.63, 3.8) is 0 Å². The van der Waals surface area contributed by atoms with Gasteiger partial charge < -0.3 is 16.4 Å². The Labute approximate surface area is 179 Å². The van der Waals surface area contributed by atoms with Crippen LogP contribution in [0.2, 0.25) is 18.1 Å². The van der Waals surface area contributed by atoms with Crippen molar-refractivity contribution in [2.75, 3.05) is 0 Å². The van der Waals surface area contributed by atoms with Gasteiger partial charge in [-0.15, -0.1) is 11.5 Å². The number of rotatable bonds is 7. The lowest BCUT2D eigenvalue weighted by Crippen LogP contribution is -2.53. The number of benzene rings is 1. The van der Waals surface area contributed by atoms with Crippen LogP contribution in [0.1, 0.15) is 39.7 Å². The van der Waals surface area contributed by atoms with Gasteiger partial charge in [0.1, 0.15) is 26.0 Å². The highest BCUT2D eigenvalue weighted by Crippen LogP contribution is 2.35. The van der Waals surface area contributed by atoms with Crippen molar-refractivity contribution in [3.05, 3.63) is 35.6 Å². The van der Waals surface area contributed by atoms with Crippen LogP contribution in [0.4, 0.5) is 4.39 Å². The minimum absolute atomic E-state index is 0.0563. The van der Waals surface area contributed by atoms with Gasteiger partial charge in [-0.1, -0.05) is 52.1 Å². The summed E-state index contributed by atoms with van der Waals surface area (Å²) in [5.74, 6) is 0.741. The van der Waals surface area contributed by atoms with Crippen LogP contribution in [0.25, 0.3) is 0 Å². The first-order valence-electron chi connectivity index (χ1n) is 9.85.